The van der Waals surface area contributed by atoms with Gasteiger partial charge in [0.1, 0.15) is 10.7 Å². The van der Waals surface area contributed by atoms with Gasteiger partial charge in [-0.1, -0.05) is 19.3 Å². The average molecular weight is 345 g/mol. The molecule has 0 atom stereocenters. The molecule has 1 amide bonds. The maximum atomic E-state index is 13.0. The third-order valence-corrected chi connectivity index (χ3v) is 6.72. The molecule has 0 aromatic carbocycles. The number of nitrogens with zero attached hydrogens (tertiary/aromatic N) is 3. The molecule has 3 heterocycles. The van der Waals surface area contributed by atoms with Gasteiger partial charge in [-0.15, -0.1) is 11.3 Å². The molecule has 128 valence electrons. The van der Waals surface area contributed by atoms with Crippen LogP contribution in [0.15, 0.2) is 4.79 Å². The van der Waals surface area contributed by atoms with Gasteiger partial charge in [0.25, 0.3) is 11.5 Å². The molecule has 2 aromatic rings. The fraction of sp³-hybridized carbons (Fsp3) is 0.611. The summed E-state index contributed by atoms with van der Waals surface area (Å²) in [5, 5.41) is 0.644. The highest BCUT2D eigenvalue weighted by Crippen LogP contribution is 2.31. The van der Waals surface area contributed by atoms with Gasteiger partial charge >= 0.3 is 0 Å². The van der Waals surface area contributed by atoms with Crippen molar-refractivity contribution in [2.24, 2.45) is 0 Å². The van der Waals surface area contributed by atoms with Crippen LogP contribution < -0.4 is 5.56 Å². The van der Waals surface area contributed by atoms with E-state index in [2.05, 4.69) is 4.98 Å². The summed E-state index contributed by atoms with van der Waals surface area (Å²) >= 11 is 1.39. The van der Waals surface area contributed by atoms with Crippen LogP contribution in [0.4, 0.5) is 0 Å². The van der Waals surface area contributed by atoms with Gasteiger partial charge in [-0.3, -0.25) is 14.2 Å². The van der Waals surface area contributed by atoms with Gasteiger partial charge in [-0.05, 0) is 31.7 Å². The van der Waals surface area contributed by atoms with Crippen molar-refractivity contribution in [1.82, 2.24) is 14.5 Å². The molecule has 0 unspecified atom stereocenters. The molecule has 1 saturated carbocycles. The highest BCUT2D eigenvalue weighted by Gasteiger charge is 2.28. The molecule has 0 N–H and O–H groups in total. The molecule has 5 nitrogen and oxygen atoms in total. The largest absolute Gasteiger partial charge is 0.338 e. The highest BCUT2D eigenvalue weighted by atomic mass is 32.1. The Labute approximate surface area is 145 Å². The summed E-state index contributed by atoms with van der Waals surface area (Å²) in [6.45, 7) is 2.64. The summed E-state index contributed by atoms with van der Waals surface area (Å²) in [4.78, 5) is 33.7. The van der Waals surface area contributed by atoms with Crippen molar-refractivity contribution in [3.63, 3.8) is 0 Å². The lowest BCUT2D eigenvalue weighted by Gasteiger charge is -2.31. The first-order valence-electron chi connectivity index (χ1n) is 8.88. The van der Waals surface area contributed by atoms with Crippen LogP contribution in [0.1, 0.15) is 59.6 Å². The normalized spacial score (nSPS) is 18.1. The zero-order valence-corrected chi connectivity index (χ0v) is 15.1. The van der Waals surface area contributed by atoms with Gasteiger partial charge in [-0.2, -0.15) is 0 Å². The molecule has 0 spiro atoms. The quantitative estimate of drug-likeness (QED) is 0.840. The summed E-state index contributed by atoms with van der Waals surface area (Å²) in [6.07, 6.45) is 7.67. The maximum Gasteiger partial charge on any atom is 0.264 e. The first-order chi connectivity index (χ1) is 11.6. The number of rotatable bonds is 2. The Morgan fingerprint density at radius 2 is 2.00 bits per heavy atom. The summed E-state index contributed by atoms with van der Waals surface area (Å²) < 4.78 is 1.78. The minimum atomic E-state index is 0.0284. The molecular weight excluding hydrogens is 322 g/mol. The van der Waals surface area contributed by atoms with E-state index in [1.54, 1.807) is 4.57 Å². The molecule has 24 heavy (non-hydrogen) atoms. The zero-order chi connectivity index (χ0) is 16.8. The SMILES string of the molecule is Cc1c(C(=O)N(C)C2CCCCC2)sc2nc3n(c(=O)c12)CCC3. The monoisotopic (exact) mass is 345 g/mol. The van der Waals surface area contributed by atoms with Gasteiger partial charge in [0.2, 0.25) is 0 Å². The second-order valence-electron chi connectivity index (χ2n) is 7.03. The summed E-state index contributed by atoms with van der Waals surface area (Å²) in [7, 11) is 1.91. The number of thiophene rings is 1. The molecule has 6 heteroatoms. The first kappa shape index (κ1) is 15.8. The molecule has 4 rings (SSSR count). The van der Waals surface area contributed by atoms with Gasteiger partial charge in [0, 0.05) is 26.1 Å². The minimum Gasteiger partial charge on any atom is -0.338 e. The van der Waals surface area contributed by atoms with E-state index < -0.39 is 0 Å². The van der Waals surface area contributed by atoms with Crippen molar-refractivity contribution in [1.29, 1.82) is 0 Å². The smallest absolute Gasteiger partial charge is 0.264 e. The Kier molecular flexibility index (Phi) is 3.95. The number of aromatic nitrogens is 2. The molecular formula is C18H23N3O2S. The molecule has 0 saturated heterocycles. The van der Waals surface area contributed by atoms with Crippen molar-refractivity contribution in [2.75, 3.05) is 7.05 Å². The Bertz CT molecular complexity index is 861. The van der Waals surface area contributed by atoms with Gasteiger partial charge < -0.3 is 4.90 Å². The minimum absolute atomic E-state index is 0.0284. The maximum absolute atomic E-state index is 13.0. The number of hydrogen-bond acceptors (Lipinski definition) is 4. The van der Waals surface area contributed by atoms with Crippen molar-refractivity contribution < 1.29 is 4.79 Å². The number of amides is 1. The number of hydrogen-bond donors (Lipinski definition) is 0. The third kappa shape index (κ3) is 2.39. The van der Waals surface area contributed by atoms with Crippen molar-refractivity contribution in [2.45, 2.75) is 64.5 Å². The van der Waals surface area contributed by atoms with Crippen LogP contribution >= 0.6 is 11.3 Å². The second-order valence-corrected chi connectivity index (χ2v) is 8.03. The topological polar surface area (TPSA) is 55.2 Å². The van der Waals surface area contributed by atoms with Crippen LogP contribution in [0.25, 0.3) is 10.2 Å². The fourth-order valence-corrected chi connectivity index (χ4v) is 5.25. The predicted octanol–water partition coefficient (Wildman–Crippen LogP) is 3.12. The molecule has 1 aliphatic carbocycles. The summed E-state index contributed by atoms with van der Waals surface area (Å²) in [5.41, 5.74) is 0.836. The fourth-order valence-electron chi connectivity index (χ4n) is 4.07. The van der Waals surface area contributed by atoms with Crippen LogP contribution in [0.5, 0.6) is 0 Å². The van der Waals surface area contributed by atoms with Gasteiger partial charge in [0.05, 0.1) is 10.3 Å². The van der Waals surface area contributed by atoms with E-state index in [-0.39, 0.29) is 11.5 Å². The van der Waals surface area contributed by atoms with E-state index in [4.69, 9.17) is 0 Å². The molecule has 1 aliphatic heterocycles. The number of carbonyl (C=O) groups is 1. The van der Waals surface area contributed by atoms with E-state index in [0.717, 1.165) is 48.4 Å². The van der Waals surface area contributed by atoms with E-state index in [1.165, 1.54) is 30.6 Å². The lowest BCUT2D eigenvalue weighted by atomic mass is 9.94. The van der Waals surface area contributed by atoms with Gasteiger partial charge in [-0.25, -0.2) is 4.98 Å². The van der Waals surface area contributed by atoms with Crippen LogP contribution in [0.2, 0.25) is 0 Å². The van der Waals surface area contributed by atoms with Crippen LogP contribution in [0.3, 0.4) is 0 Å². The predicted molar refractivity (Wildman–Crippen MR) is 95.9 cm³/mol. The molecule has 2 aliphatic rings. The standard InChI is InChI=1S/C18H23N3O2S/c1-11-14-16(19-13-9-6-10-21(13)17(14)22)24-15(11)18(23)20(2)12-7-4-3-5-8-12/h12H,3-10H2,1-2H3. The average Bonchev–Trinajstić information content (AvgIpc) is 3.19. The number of carbonyl (C=O) groups excluding carboxylic acids is 1. The highest BCUT2D eigenvalue weighted by molar-refractivity contribution is 7.20. The number of fused-ring (bicyclic) bond motifs is 2. The molecule has 2 aromatic heterocycles. The van der Waals surface area contributed by atoms with E-state index >= 15 is 0 Å². The van der Waals surface area contributed by atoms with E-state index in [1.807, 2.05) is 18.9 Å². The zero-order valence-electron chi connectivity index (χ0n) is 14.3. The van der Waals surface area contributed by atoms with Crippen molar-refractivity contribution in [3.05, 3.63) is 26.6 Å². The Hall–Kier alpha value is -1.69. The van der Waals surface area contributed by atoms with Crippen LogP contribution in [-0.2, 0) is 13.0 Å². The molecule has 0 radical (unpaired) electrons. The summed E-state index contributed by atoms with van der Waals surface area (Å²) in [6, 6.07) is 0.329. The van der Waals surface area contributed by atoms with Gasteiger partial charge in [0.15, 0.2) is 0 Å². The van der Waals surface area contributed by atoms with Crippen LogP contribution in [-0.4, -0.2) is 33.4 Å². The Balaban J connectivity index is 1.74. The van der Waals surface area contributed by atoms with E-state index in [0.29, 0.717) is 16.3 Å². The van der Waals surface area contributed by atoms with Crippen LogP contribution in [0, 0.1) is 6.92 Å². The molecule has 0 bridgehead atoms. The first-order valence-corrected chi connectivity index (χ1v) is 9.69. The Morgan fingerprint density at radius 3 is 2.75 bits per heavy atom. The van der Waals surface area contributed by atoms with Crippen molar-refractivity contribution >= 4 is 27.5 Å². The lowest BCUT2D eigenvalue weighted by Crippen LogP contribution is -2.38. The van der Waals surface area contributed by atoms with E-state index in [9.17, 15) is 9.59 Å². The third-order valence-electron chi connectivity index (χ3n) is 5.55. The van der Waals surface area contributed by atoms with Crippen molar-refractivity contribution in [3.8, 4) is 0 Å². The lowest BCUT2D eigenvalue weighted by molar-refractivity contribution is 0.0700. The second kappa shape index (κ2) is 5.99. The summed E-state index contributed by atoms with van der Waals surface area (Å²) in [5.74, 6) is 0.917. The number of aryl methyl sites for hydroxylation is 2. The molecule has 1 fully saturated rings. The Morgan fingerprint density at radius 1 is 1.25 bits per heavy atom.